The molecule has 0 radical (unpaired) electrons. The Bertz CT molecular complexity index is 518. The molecule has 0 unspecified atom stereocenters. The van der Waals surface area contributed by atoms with Gasteiger partial charge in [-0.1, -0.05) is 45.5 Å². The second-order valence-corrected chi connectivity index (χ2v) is 13.4. The summed E-state index contributed by atoms with van der Waals surface area (Å²) in [7, 11) is -5.57. The number of nitrogens with one attached hydrogen (secondary N) is 1. The predicted molar refractivity (Wildman–Crippen MR) is 79.0 cm³/mol. The van der Waals surface area contributed by atoms with Gasteiger partial charge in [0, 0.05) is 5.02 Å². The molecule has 0 saturated carbocycles. The van der Waals surface area contributed by atoms with Gasteiger partial charge in [0.2, 0.25) is 10.0 Å². The van der Waals surface area contributed by atoms with E-state index in [2.05, 4.69) is 25.2 Å². The van der Waals surface area contributed by atoms with Crippen LogP contribution in [0.3, 0.4) is 0 Å². The summed E-state index contributed by atoms with van der Waals surface area (Å²) in [5, 5.41) is 0.480. The number of halogens is 1. The number of sulfonamides is 1. The van der Waals surface area contributed by atoms with Crippen LogP contribution in [0.1, 0.15) is 20.8 Å². The van der Waals surface area contributed by atoms with Gasteiger partial charge in [0.1, 0.15) is 8.24 Å². The van der Waals surface area contributed by atoms with Gasteiger partial charge < -0.3 is 0 Å². The maximum absolute atomic E-state index is 12.3. The van der Waals surface area contributed by atoms with E-state index in [1.165, 1.54) is 12.1 Å². The first kappa shape index (κ1) is 15.7. The maximum atomic E-state index is 12.3. The number of hydrogen-bond acceptors (Lipinski definition) is 2. The molecular formula is C12H20ClNO2SSi. The highest BCUT2D eigenvalue weighted by molar-refractivity contribution is 7.91. The minimum absolute atomic E-state index is 0.0491. The van der Waals surface area contributed by atoms with E-state index >= 15 is 0 Å². The molecule has 0 fully saturated rings. The molecule has 0 aliphatic heterocycles. The summed E-state index contributed by atoms with van der Waals surface area (Å²) in [5.41, 5.74) is 0. The van der Waals surface area contributed by atoms with Crippen molar-refractivity contribution in [3.63, 3.8) is 0 Å². The third kappa shape index (κ3) is 3.57. The van der Waals surface area contributed by atoms with E-state index in [0.29, 0.717) is 5.02 Å². The standard InChI is InChI=1S/C12H20ClNO2SSi/c1-12(2,3)18(4,5)14-17(15,16)11-8-6-10(13)7-9-11/h6-9,14H,1-5H3. The van der Waals surface area contributed by atoms with Crippen LogP contribution in [0.4, 0.5) is 0 Å². The SMILES string of the molecule is CC(C)(C)[Si](C)(C)NS(=O)(=O)c1ccc(Cl)cc1. The summed E-state index contributed by atoms with van der Waals surface area (Å²) in [6.07, 6.45) is 0. The molecule has 102 valence electrons. The summed E-state index contributed by atoms with van der Waals surface area (Å²) >= 11 is 5.76. The molecule has 0 bridgehead atoms. The van der Waals surface area contributed by atoms with Gasteiger partial charge in [-0.3, -0.25) is 0 Å². The molecule has 0 aliphatic rings. The van der Waals surface area contributed by atoms with E-state index in [4.69, 9.17) is 11.6 Å². The van der Waals surface area contributed by atoms with Crippen molar-refractivity contribution in [3.05, 3.63) is 29.3 Å². The average molecular weight is 306 g/mol. The Morgan fingerprint density at radius 1 is 1.11 bits per heavy atom. The first-order chi connectivity index (χ1) is 7.96. The maximum Gasteiger partial charge on any atom is 0.234 e. The zero-order chi connectivity index (χ0) is 14.2. The first-order valence-electron chi connectivity index (χ1n) is 5.75. The van der Waals surface area contributed by atoms with Crippen molar-refractivity contribution in [1.29, 1.82) is 0 Å². The lowest BCUT2D eigenvalue weighted by atomic mass is 10.2. The van der Waals surface area contributed by atoms with E-state index in [1.807, 2.05) is 13.1 Å². The van der Waals surface area contributed by atoms with Crippen LogP contribution >= 0.6 is 11.6 Å². The fraction of sp³-hybridized carbons (Fsp3) is 0.500. The Hall–Kier alpha value is -0.363. The van der Waals surface area contributed by atoms with Gasteiger partial charge in [-0.25, -0.2) is 12.8 Å². The molecular weight excluding hydrogens is 286 g/mol. The van der Waals surface area contributed by atoms with Gasteiger partial charge >= 0.3 is 0 Å². The third-order valence-corrected chi connectivity index (χ3v) is 11.4. The topological polar surface area (TPSA) is 46.2 Å². The summed E-state index contributed by atoms with van der Waals surface area (Å²) in [5.74, 6) is 0. The van der Waals surface area contributed by atoms with E-state index in [0.717, 1.165) is 0 Å². The monoisotopic (exact) mass is 305 g/mol. The summed E-state index contributed by atoms with van der Waals surface area (Å²) < 4.78 is 27.4. The van der Waals surface area contributed by atoms with Crippen molar-refractivity contribution in [3.8, 4) is 0 Å². The van der Waals surface area contributed by atoms with Gasteiger partial charge in [0.25, 0.3) is 0 Å². The Labute approximate surface area is 116 Å². The molecule has 0 spiro atoms. The molecule has 0 heterocycles. The normalized spacial score (nSPS) is 13.7. The summed E-state index contributed by atoms with van der Waals surface area (Å²) in [6.45, 7) is 10.2. The van der Waals surface area contributed by atoms with Crippen molar-refractivity contribution in [1.82, 2.24) is 4.39 Å². The zero-order valence-corrected chi connectivity index (χ0v) is 14.0. The second-order valence-electron chi connectivity index (χ2n) is 5.93. The van der Waals surface area contributed by atoms with Crippen LogP contribution in [0.2, 0.25) is 23.2 Å². The van der Waals surface area contributed by atoms with Crippen LogP contribution in [0.15, 0.2) is 29.2 Å². The highest BCUT2D eigenvalue weighted by Gasteiger charge is 2.39. The van der Waals surface area contributed by atoms with E-state index in [-0.39, 0.29) is 9.93 Å². The molecule has 0 atom stereocenters. The molecule has 0 aliphatic carbocycles. The number of rotatable bonds is 3. The fourth-order valence-electron chi connectivity index (χ4n) is 1.16. The predicted octanol–water partition coefficient (Wildman–Crippen LogP) is 3.62. The molecule has 18 heavy (non-hydrogen) atoms. The van der Waals surface area contributed by atoms with Crippen molar-refractivity contribution >= 4 is 29.9 Å². The van der Waals surface area contributed by atoms with Gasteiger partial charge in [-0.05, 0) is 29.3 Å². The lowest BCUT2D eigenvalue weighted by molar-refractivity contribution is 0.589. The second kappa shape index (κ2) is 4.96. The Kier molecular flexibility index (Phi) is 4.32. The molecule has 3 nitrogen and oxygen atoms in total. The summed E-state index contributed by atoms with van der Waals surface area (Å²) in [6, 6.07) is 6.22. The lowest BCUT2D eigenvalue weighted by Gasteiger charge is -2.36. The number of hydrogen-bond donors (Lipinski definition) is 1. The zero-order valence-electron chi connectivity index (χ0n) is 11.4. The molecule has 0 aromatic heterocycles. The van der Waals surface area contributed by atoms with E-state index in [1.54, 1.807) is 12.1 Å². The lowest BCUT2D eigenvalue weighted by Crippen LogP contribution is -2.54. The fourth-order valence-corrected chi connectivity index (χ4v) is 6.17. The molecule has 1 rings (SSSR count). The van der Waals surface area contributed by atoms with Crippen LogP contribution in [0, 0.1) is 0 Å². The minimum Gasteiger partial charge on any atom is -0.233 e. The van der Waals surface area contributed by atoms with Gasteiger partial charge in [-0.2, -0.15) is 0 Å². The molecule has 0 saturated heterocycles. The first-order valence-corrected chi connectivity index (χ1v) is 10.6. The van der Waals surface area contributed by atoms with Crippen molar-refractivity contribution in [2.75, 3.05) is 0 Å². The quantitative estimate of drug-likeness (QED) is 0.867. The van der Waals surface area contributed by atoms with Gasteiger partial charge in [0.15, 0.2) is 0 Å². The highest BCUT2D eigenvalue weighted by atomic mass is 35.5. The van der Waals surface area contributed by atoms with E-state index < -0.39 is 18.3 Å². The summed E-state index contributed by atoms with van der Waals surface area (Å²) in [4.78, 5) is 0.261. The molecule has 6 heteroatoms. The minimum atomic E-state index is -3.46. The van der Waals surface area contributed by atoms with Crippen molar-refractivity contribution in [2.24, 2.45) is 0 Å². The van der Waals surface area contributed by atoms with Crippen LogP contribution in [0.5, 0.6) is 0 Å². The molecule has 0 amide bonds. The Morgan fingerprint density at radius 2 is 1.56 bits per heavy atom. The van der Waals surface area contributed by atoms with Crippen LogP contribution < -0.4 is 4.39 Å². The highest BCUT2D eigenvalue weighted by Crippen LogP contribution is 2.34. The van der Waals surface area contributed by atoms with Crippen molar-refractivity contribution < 1.29 is 8.42 Å². The van der Waals surface area contributed by atoms with E-state index in [9.17, 15) is 8.42 Å². The van der Waals surface area contributed by atoms with Gasteiger partial charge in [0.05, 0.1) is 4.90 Å². The Balaban J connectivity index is 3.07. The third-order valence-electron chi connectivity index (χ3n) is 3.39. The number of benzene rings is 1. The smallest absolute Gasteiger partial charge is 0.233 e. The Morgan fingerprint density at radius 3 is 1.94 bits per heavy atom. The van der Waals surface area contributed by atoms with Crippen LogP contribution in [-0.4, -0.2) is 16.7 Å². The molecule has 1 N–H and O–H groups in total. The molecule has 1 aromatic rings. The molecule has 1 aromatic carbocycles. The largest absolute Gasteiger partial charge is 0.234 e. The van der Waals surface area contributed by atoms with Crippen LogP contribution in [-0.2, 0) is 10.0 Å². The van der Waals surface area contributed by atoms with Gasteiger partial charge in [-0.15, -0.1) is 0 Å². The van der Waals surface area contributed by atoms with Crippen molar-refractivity contribution in [2.45, 2.75) is 43.8 Å². The van der Waals surface area contributed by atoms with Crippen LogP contribution in [0.25, 0.3) is 0 Å². The average Bonchev–Trinajstić information content (AvgIpc) is 2.14.